The number of anilines is 2. The van der Waals surface area contributed by atoms with Gasteiger partial charge in [-0.05, 0) is 39.1 Å². The lowest BCUT2D eigenvalue weighted by Gasteiger charge is -2.29. The zero-order valence-electron chi connectivity index (χ0n) is 11.5. The van der Waals surface area contributed by atoms with Crippen LogP contribution in [0, 0.1) is 0 Å². The van der Waals surface area contributed by atoms with Gasteiger partial charge in [0, 0.05) is 30.9 Å². The number of methoxy groups -OCH3 is 1. The molecule has 1 saturated heterocycles. The summed E-state index contributed by atoms with van der Waals surface area (Å²) < 4.78 is 5.30. The first-order chi connectivity index (χ1) is 8.61. The Morgan fingerprint density at radius 2 is 2.22 bits per heavy atom. The molecule has 0 spiro atoms. The van der Waals surface area contributed by atoms with E-state index in [-0.39, 0.29) is 0 Å². The standard InChI is InChI=1S/C14H23N3O/c1-16(2)10-12-5-4-8-17(12)11-6-7-13(15)14(9-11)18-3/h6-7,9,12H,4-5,8,10,15H2,1-3H3. The van der Waals surface area contributed by atoms with E-state index in [1.54, 1.807) is 7.11 Å². The van der Waals surface area contributed by atoms with E-state index in [1.165, 1.54) is 18.5 Å². The van der Waals surface area contributed by atoms with Crippen molar-refractivity contribution >= 4 is 11.4 Å². The van der Waals surface area contributed by atoms with E-state index in [4.69, 9.17) is 10.5 Å². The molecule has 0 aromatic heterocycles. The average Bonchev–Trinajstić information content (AvgIpc) is 2.77. The normalized spacial score (nSPS) is 19.6. The zero-order chi connectivity index (χ0) is 13.1. The first kappa shape index (κ1) is 13.0. The summed E-state index contributed by atoms with van der Waals surface area (Å²) in [7, 11) is 5.91. The second-order valence-corrected chi connectivity index (χ2v) is 5.18. The minimum Gasteiger partial charge on any atom is -0.495 e. The molecule has 0 amide bonds. The molecule has 1 fully saturated rings. The largest absolute Gasteiger partial charge is 0.495 e. The van der Waals surface area contributed by atoms with E-state index in [9.17, 15) is 0 Å². The molecule has 0 bridgehead atoms. The number of likely N-dealkylation sites (N-methyl/N-ethyl adjacent to an activating group) is 1. The van der Waals surface area contributed by atoms with Crippen LogP contribution in [-0.4, -0.2) is 45.2 Å². The minimum absolute atomic E-state index is 0.591. The summed E-state index contributed by atoms with van der Waals surface area (Å²) in [5.41, 5.74) is 7.77. The Bertz CT molecular complexity index is 406. The summed E-state index contributed by atoms with van der Waals surface area (Å²) in [5.74, 6) is 0.767. The molecule has 4 nitrogen and oxygen atoms in total. The van der Waals surface area contributed by atoms with Crippen molar-refractivity contribution in [2.75, 3.05) is 44.9 Å². The lowest BCUT2D eigenvalue weighted by Crippen LogP contribution is -2.37. The molecule has 0 radical (unpaired) electrons. The minimum atomic E-state index is 0.591. The number of nitrogens with zero attached hydrogens (tertiary/aromatic N) is 2. The Labute approximate surface area is 109 Å². The number of ether oxygens (including phenoxy) is 1. The Kier molecular flexibility index (Phi) is 3.97. The topological polar surface area (TPSA) is 41.7 Å². The molecule has 1 aromatic carbocycles. The lowest BCUT2D eigenvalue weighted by atomic mass is 10.2. The predicted octanol–water partition coefficient (Wildman–Crippen LogP) is 1.81. The van der Waals surface area contributed by atoms with Crippen LogP contribution < -0.4 is 15.4 Å². The van der Waals surface area contributed by atoms with Gasteiger partial charge in [0.15, 0.2) is 0 Å². The molecule has 1 atom stereocenters. The third-order valence-corrected chi connectivity index (χ3v) is 3.50. The van der Waals surface area contributed by atoms with Crippen molar-refractivity contribution in [1.29, 1.82) is 0 Å². The van der Waals surface area contributed by atoms with Crippen molar-refractivity contribution in [2.45, 2.75) is 18.9 Å². The number of benzene rings is 1. The molecule has 1 aliphatic rings. The van der Waals surface area contributed by atoms with E-state index in [0.29, 0.717) is 11.7 Å². The first-order valence-electron chi connectivity index (χ1n) is 6.46. The number of rotatable bonds is 4. The van der Waals surface area contributed by atoms with Gasteiger partial charge in [-0.15, -0.1) is 0 Å². The van der Waals surface area contributed by atoms with Gasteiger partial charge in [0.05, 0.1) is 12.8 Å². The maximum absolute atomic E-state index is 5.86. The second-order valence-electron chi connectivity index (χ2n) is 5.18. The molecule has 0 saturated carbocycles. The van der Waals surface area contributed by atoms with Crippen molar-refractivity contribution in [2.24, 2.45) is 0 Å². The molecule has 2 N–H and O–H groups in total. The molecule has 1 aliphatic heterocycles. The van der Waals surface area contributed by atoms with Crippen LogP contribution in [0.1, 0.15) is 12.8 Å². The molecular formula is C14H23N3O. The van der Waals surface area contributed by atoms with E-state index in [0.717, 1.165) is 18.8 Å². The summed E-state index contributed by atoms with van der Waals surface area (Å²) >= 11 is 0. The monoisotopic (exact) mass is 249 g/mol. The summed E-state index contributed by atoms with van der Waals surface area (Å²) in [6.45, 7) is 2.21. The Hall–Kier alpha value is -1.42. The summed E-state index contributed by atoms with van der Waals surface area (Å²) in [6.07, 6.45) is 2.51. The van der Waals surface area contributed by atoms with Gasteiger partial charge >= 0.3 is 0 Å². The van der Waals surface area contributed by atoms with Crippen LogP contribution in [0.15, 0.2) is 18.2 Å². The van der Waals surface area contributed by atoms with E-state index in [1.807, 2.05) is 12.1 Å². The van der Waals surface area contributed by atoms with Crippen molar-refractivity contribution in [3.63, 3.8) is 0 Å². The highest BCUT2D eigenvalue weighted by Crippen LogP contribution is 2.31. The van der Waals surface area contributed by atoms with Gasteiger partial charge in [-0.3, -0.25) is 0 Å². The maximum Gasteiger partial charge on any atom is 0.143 e. The van der Waals surface area contributed by atoms with Crippen LogP contribution in [0.3, 0.4) is 0 Å². The molecule has 1 aromatic rings. The lowest BCUT2D eigenvalue weighted by molar-refractivity contribution is 0.372. The Morgan fingerprint density at radius 3 is 2.89 bits per heavy atom. The number of nitrogens with two attached hydrogens (primary N) is 1. The predicted molar refractivity (Wildman–Crippen MR) is 76.3 cm³/mol. The third kappa shape index (κ3) is 2.70. The van der Waals surface area contributed by atoms with E-state index in [2.05, 4.69) is 30.0 Å². The highest BCUT2D eigenvalue weighted by atomic mass is 16.5. The number of nitrogen functional groups attached to an aromatic ring is 1. The average molecular weight is 249 g/mol. The zero-order valence-corrected chi connectivity index (χ0v) is 11.5. The first-order valence-corrected chi connectivity index (χ1v) is 6.46. The Morgan fingerprint density at radius 1 is 1.44 bits per heavy atom. The van der Waals surface area contributed by atoms with Gasteiger partial charge in [-0.1, -0.05) is 0 Å². The Balaban J connectivity index is 2.19. The van der Waals surface area contributed by atoms with E-state index < -0.39 is 0 Å². The number of hydrogen-bond acceptors (Lipinski definition) is 4. The van der Waals surface area contributed by atoms with Gasteiger partial charge in [-0.2, -0.15) is 0 Å². The summed E-state index contributed by atoms with van der Waals surface area (Å²) in [4.78, 5) is 4.71. The molecule has 4 heteroatoms. The molecule has 100 valence electrons. The molecule has 1 heterocycles. The second kappa shape index (κ2) is 5.48. The molecular weight excluding hydrogens is 226 g/mol. The maximum atomic E-state index is 5.86. The molecule has 0 aliphatic carbocycles. The molecule has 1 unspecified atom stereocenters. The van der Waals surface area contributed by atoms with Crippen LogP contribution in [0.4, 0.5) is 11.4 Å². The smallest absolute Gasteiger partial charge is 0.143 e. The van der Waals surface area contributed by atoms with Crippen LogP contribution in [0.25, 0.3) is 0 Å². The fraction of sp³-hybridized carbons (Fsp3) is 0.571. The SMILES string of the molecule is COc1cc(N2CCCC2CN(C)C)ccc1N. The van der Waals surface area contributed by atoms with Crippen LogP contribution in [-0.2, 0) is 0 Å². The third-order valence-electron chi connectivity index (χ3n) is 3.50. The van der Waals surface area contributed by atoms with Gasteiger partial charge in [0.2, 0.25) is 0 Å². The highest BCUT2D eigenvalue weighted by Gasteiger charge is 2.25. The van der Waals surface area contributed by atoms with Gasteiger partial charge in [0.1, 0.15) is 5.75 Å². The summed E-state index contributed by atoms with van der Waals surface area (Å²) in [5, 5.41) is 0. The van der Waals surface area contributed by atoms with Crippen LogP contribution >= 0.6 is 0 Å². The number of hydrogen-bond donors (Lipinski definition) is 1. The summed E-state index contributed by atoms with van der Waals surface area (Å²) in [6, 6.07) is 6.65. The fourth-order valence-electron chi connectivity index (χ4n) is 2.67. The van der Waals surface area contributed by atoms with Crippen molar-refractivity contribution < 1.29 is 4.74 Å². The van der Waals surface area contributed by atoms with E-state index >= 15 is 0 Å². The van der Waals surface area contributed by atoms with Gasteiger partial charge in [-0.25, -0.2) is 0 Å². The van der Waals surface area contributed by atoms with Gasteiger partial charge < -0.3 is 20.3 Å². The molecule has 2 rings (SSSR count). The van der Waals surface area contributed by atoms with Crippen molar-refractivity contribution in [3.05, 3.63) is 18.2 Å². The van der Waals surface area contributed by atoms with Crippen molar-refractivity contribution in [1.82, 2.24) is 4.90 Å². The molecule has 18 heavy (non-hydrogen) atoms. The van der Waals surface area contributed by atoms with Crippen molar-refractivity contribution in [3.8, 4) is 5.75 Å². The fourth-order valence-corrected chi connectivity index (χ4v) is 2.67. The van der Waals surface area contributed by atoms with Gasteiger partial charge in [0.25, 0.3) is 0 Å². The highest BCUT2D eigenvalue weighted by molar-refractivity contribution is 5.63. The van der Waals surface area contributed by atoms with Crippen LogP contribution in [0.5, 0.6) is 5.75 Å². The quantitative estimate of drug-likeness (QED) is 0.826. The van der Waals surface area contributed by atoms with Crippen LogP contribution in [0.2, 0.25) is 0 Å².